The Balaban J connectivity index is 1.75. The van der Waals surface area contributed by atoms with E-state index in [4.69, 9.17) is 9.84 Å². The van der Waals surface area contributed by atoms with Crippen molar-refractivity contribution >= 4 is 16.7 Å². The molecule has 0 radical (unpaired) electrons. The fraction of sp³-hybridized carbons (Fsp3) is 0.167. The molecule has 2 aromatic carbocycles. The zero-order chi connectivity index (χ0) is 16.2. The van der Waals surface area contributed by atoms with Crippen LogP contribution >= 0.6 is 0 Å². The Morgan fingerprint density at radius 2 is 2.00 bits per heavy atom. The molecule has 0 fully saturated rings. The summed E-state index contributed by atoms with van der Waals surface area (Å²) in [5.74, 6) is -0.483. The van der Waals surface area contributed by atoms with E-state index in [0.29, 0.717) is 18.7 Å². The highest BCUT2D eigenvalue weighted by atomic mass is 19.1. The first-order valence-electron chi connectivity index (χ1n) is 7.29. The van der Waals surface area contributed by atoms with Crippen LogP contribution in [0.3, 0.4) is 0 Å². The molecular formula is C18H16FNO3. The highest BCUT2D eigenvalue weighted by Crippen LogP contribution is 2.19. The molecule has 0 aliphatic heterocycles. The molecule has 1 heterocycles. The number of fused-ring (bicyclic) bond motifs is 1. The van der Waals surface area contributed by atoms with Crippen molar-refractivity contribution in [3.8, 4) is 5.75 Å². The molecule has 0 amide bonds. The number of ketones is 1. The monoisotopic (exact) mass is 313 g/mol. The van der Waals surface area contributed by atoms with Crippen LogP contribution in [0.5, 0.6) is 5.75 Å². The van der Waals surface area contributed by atoms with Crippen molar-refractivity contribution in [1.82, 2.24) is 4.57 Å². The van der Waals surface area contributed by atoms with E-state index in [1.54, 1.807) is 30.3 Å². The SMILES string of the molecule is O=C(CO)c1ccc2ccn(CCOc3ccccc3F)c2c1. The molecule has 0 saturated heterocycles. The largest absolute Gasteiger partial charge is 0.489 e. The van der Waals surface area contributed by atoms with Gasteiger partial charge >= 0.3 is 0 Å². The minimum atomic E-state index is -0.511. The maximum atomic E-state index is 13.5. The summed E-state index contributed by atoms with van der Waals surface area (Å²) in [5, 5.41) is 9.95. The van der Waals surface area contributed by atoms with Crippen LogP contribution in [0, 0.1) is 5.82 Å². The summed E-state index contributed by atoms with van der Waals surface area (Å²) >= 11 is 0. The molecule has 0 aliphatic carbocycles. The van der Waals surface area contributed by atoms with Gasteiger partial charge in [0.1, 0.15) is 13.2 Å². The van der Waals surface area contributed by atoms with Crippen LogP contribution in [0.4, 0.5) is 4.39 Å². The molecule has 1 N–H and O–H groups in total. The second-order valence-corrected chi connectivity index (χ2v) is 5.14. The van der Waals surface area contributed by atoms with Gasteiger partial charge in [-0.05, 0) is 29.7 Å². The van der Waals surface area contributed by atoms with E-state index in [2.05, 4.69) is 0 Å². The summed E-state index contributed by atoms with van der Waals surface area (Å²) in [6, 6.07) is 13.5. The molecule has 5 heteroatoms. The number of para-hydroxylation sites is 1. The van der Waals surface area contributed by atoms with E-state index in [-0.39, 0.29) is 17.3 Å². The number of halogens is 1. The van der Waals surface area contributed by atoms with Gasteiger partial charge in [0, 0.05) is 17.3 Å². The van der Waals surface area contributed by atoms with Gasteiger partial charge in [0.15, 0.2) is 17.3 Å². The number of carbonyl (C=O) groups excluding carboxylic acids is 1. The van der Waals surface area contributed by atoms with E-state index in [0.717, 1.165) is 10.9 Å². The Morgan fingerprint density at radius 1 is 1.17 bits per heavy atom. The predicted molar refractivity (Wildman–Crippen MR) is 85.2 cm³/mol. The van der Waals surface area contributed by atoms with Gasteiger partial charge in [0.05, 0.1) is 6.54 Å². The van der Waals surface area contributed by atoms with Crippen molar-refractivity contribution in [2.24, 2.45) is 0 Å². The lowest BCUT2D eigenvalue weighted by Gasteiger charge is -2.09. The number of aliphatic hydroxyl groups is 1. The number of carbonyl (C=O) groups is 1. The van der Waals surface area contributed by atoms with Gasteiger partial charge in [-0.2, -0.15) is 0 Å². The van der Waals surface area contributed by atoms with Crippen molar-refractivity contribution in [3.05, 3.63) is 66.1 Å². The molecule has 0 unspecified atom stereocenters. The molecule has 0 aliphatic rings. The molecule has 0 spiro atoms. The van der Waals surface area contributed by atoms with E-state index < -0.39 is 6.61 Å². The smallest absolute Gasteiger partial charge is 0.188 e. The lowest BCUT2D eigenvalue weighted by atomic mass is 10.1. The molecule has 1 aromatic heterocycles. The van der Waals surface area contributed by atoms with Crippen LogP contribution in [0.25, 0.3) is 10.9 Å². The quantitative estimate of drug-likeness (QED) is 0.712. The van der Waals surface area contributed by atoms with Crippen molar-refractivity contribution < 1.29 is 19.0 Å². The highest BCUT2D eigenvalue weighted by molar-refractivity contribution is 6.00. The molecule has 0 saturated carbocycles. The Morgan fingerprint density at radius 3 is 2.78 bits per heavy atom. The number of Topliss-reactive ketones (excluding diaryl/α,β-unsaturated/α-hetero) is 1. The van der Waals surface area contributed by atoms with E-state index >= 15 is 0 Å². The van der Waals surface area contributed by atoms with Crippen molar-refractivity contribution in [2.75, 3.05) is 13.2 Å². The molecule has 0 bridgehead atoms. The Labute approximate surface area is 132 Å². The van der Waals surface area contributed by atoms with Crippen LogP contribution in [0.15, 0.2) is 54.7 Å². The number of aliphatic hydroxyl groups excluding tert-OH is 1. The molecular weight excluding hydrogens is 297 g/mol. The first-order valence-corrected chi connectivity index (χ1v) is 7.29. The molecule has 4 nitrogen and oxygen atoms in total. The van der Waals surface area contributed by atoms with Crippen LogP contribution in [-0.2, 0) is 6.54 Å². The Hall–Kier alpha value is -2.66. The number of hydrogen-bond acceptors (Lipinski definition) is 3. The third-order valence-corrected chi connectivity index (χ3v) is 3.67. The number of hydrogen-bond donors (Lipinski definition) is 1. The second-order valence-electron chi connectivity index (χ2n) is 5.14. The van der Waals surface area contributed by atoms with Gasteiger partial charge < -0.3 is 14.4 Å². The molecule has 118 valence electrons. The minimum Gasteiger partial charge on any atom is -0.489 e. The average Bonchev–Trinajstić information content (AvgIpc) is 2.98. The standard InChI is InChI=1S/C18H16FNO3/c19-15-3-1-2-4-18(15)23-10-9-20-8-7-13-5-6-14(11-16(13)20)17(22)12-21/h1-8,11,21H,9-10,12H2. The van der Waals surface area contributed by atoms with Crippen LogP contribution in [0.2, 0.25) is 0 Å². The second kappa shape index (κ2) is 6.62. The lowest BCUT2D eigenvalue weighted by Crippen LogP contribution is -2.09. The number of rotatable bonds is 6. The summed E-state index contributed by atoms with van der Waals surface area (Å²) in [5.41, 5.74) is 1.34. The predicted octanol–water partition coefficient (Wildman–Crippen LogP) is 3.03. The third-order valence-electron chi connectivity index (χ3n) is 3.67. The molecule has 23 heavy (non-hydrogen) atoms. The minimum absolute atomic E-state index is 0.222. The van der Waals surface area contributed by atoms with Gasteiger partial charge in [-0.3, -0.25) is 4.79 Å². The van der Waals surface area contributed by atoms with Crippen LogP contribution in [-0.4, -0.2) is 28.7 Å². The highest BCUT2D eigenvalue weighted by Gasteiger charge is 2.08. The number of aromatic nitrogens is 1. The van der Waals surface area contributed by atoms with Gasteiger partial charge in [0.25, 0.3) is 0 Å². The summed E-state index contributed by atoms with van der Waals surface area (Å²) in [4.78, 5) is 11.6. The Bertz CT molecular complexity index is 841. The normalized spacial score (nSPS) is 10.9. The van der Waals surface area contributed by atoms with Crippen molar-refractivity contribution in [3.63, 3.8) is 0 Å². The summed E-state index contributed by atoms with van der Waals surface area (Å²) in [7, 11) is 0. The summed E-state index contributed by atoms with van der Waals surface area (Å²) in [6.07, 6.45) is 1.89. The fourth-order valence-corrected chi connectivity index (χ4v) is 2.46. The van der Waals surface area contributed by atoms with E-state index in [9.17, 15) is 9.18 Å². The lowest BCUT2D eigenvalue weighted by molar-refractivity contribution is 0.0904. The number of benzene rings is 2. The van der Waals surface area contributed by atoms with Crippen LogP contribution in [0.1, 0.15) is 10.4 Å². The summed E-state index contributed by atoms with van der Waals surface area (Å²) < 4.78 is 20.9. The van der Waals surface area contributed by atoms with E-state index in [1.165, 1.54) is 6.07 Å². The van der Waals surface area contributed by atoms with Gasteiger partial charge in [-0.15, -0.1) is 0 Å². The maximum absolute atomic E-state index is 13.5. The molecule has 3 aromatic rings. The maximum Gasteiger partial charge on any atom is 0.188 e. The first-order chi connectivity index (χ1) is 11.2. The van der Waals surface area contributed by atoms with Gasteiger partial charge in [0.2, 0.25) is 0 Å². The fourth-order valence-electron chi connectivity index (χ4n) is 2.46. The van der Waals surface area contributed by atoms with Crippen molar-refractivity contribution in [2.45, 2.75) is 6.54 Å². The summed E-state index contributed by atoms with van der Waals surface area (Å²) in [6.45, 7) is 0.320. The molecule has 3 rings (SSSR count). The van der Waals surface area contributed by atoms with Gasteiger partial charge in [-0.25, -0.2) is 4.39 Å². The average molecular weight is 313 g/mol. The van der Waals surface area contributed by atoms with E-state index in [1.807, 2.05) is 22.9 Å². The molecule has 0 atom stereocenters. The topological polar surface area (TPSA) is 51.5 Å². The number of ether oxygens (including phenoxy) is 1. The van der Waals surface area contributed by atoms with Gasteiger partial charge in [-0.1, -0.05) is 24.3 Å². The number of nitrogens with zero attached hydrogens (tertiary/aromatic N) is 1. The first kappa shape index (κ1) is 15.2. The van der Waals surface area contributed by atoms with Crippen molar-refractivity contribution in [1.29, 1.82) is 0 Å². The zero-order valence-corrected chi connectivity index (χ0v) is 12.4. The third kappa shape index (κ3) is 3.24. The Kier molecular flexibility index (Phi) is 4.39. The van der Waals surface area contributed by atoms with Crippen LogP contribution < -0.4 is 4.74 Å². The zero-order valence-electron chi connectivity index (χ0n) is 12.4.